The van der Waals surface area contributed by atoms with Gasteiger partial charge >= 0.3 is 0 Å². The molecule has 2 nitrogen and oxygen atoms in total. The molecule has 1 saturated heterocycles. The van der Waals surface area contributed by atoms with E-state index >= 15 is 0 Å². The Bertz CT molecular complexity index is 149. The van der Waals surface area contributed by atoms with Gasteiger partial charge in [-0.15, -0.1) is 0 Å². The molecule has 70 valence electrons. The van der Waals surface area contributed by atoms with Crippen molar-refractivity contribution >= 4 is 0 Å². The smallest absolute Gasteiger partial charge is 0.0621 e. The van der Waals surface area contributed by atoms with Crippen LogP contribution in [0.1, 0.15) is 38.5 Å². The highest BCUT2D eigenvalue weighted by molar-refractivity contribution is 4.82. The van der Waals surface area contributed by atoms with E-state index in [-0.39, 0.29) is 0 Å². The molecule has 0 unspecified atom stereocenters. The minimum absolute atomic E-state index is 0.310. The molecule has 1 saturated carbocycles. The second kappa shape index (κ2) is 3.75. The highest BCUT2D eigenvalue weighted by Crippen LogP contribution is 2.31. The van der Waals surface area contributed by atoms with Crippen LogP contribution in [-0.4, -0.2) is 18.8 Å². The lowest BCUT2D eigenvalue weighted by Gasteiger charge is -2.33. The van der Waals surface area contributed by atoms with Gasteiger partial charge in [0.05, 0.1) is 12.7 Å². The number of fused-ring (bicyclic) bond motifs is 1. The Morgan fingerprint density at radius 3 is 2.83 bits per heavy atom. The van der Waals surface area contributed by atoms with Crippen LogP contribution in [0.5, 0.6) is 0 Å². The molecule has 0 spiro atoms. The van der Waals surface area contributed by atoms with E-state index in [1.165, 1.54) is 38.5 Å². The summed E-state index contributed by atoms with van der Waals surface area (Å²) in [6.45, 7) is 0.793. The van der Waals surface area contributed by atoms with Gasteiger partial charge in [0.1, 0.15) is 0 Å². The highest BCUT2D eigenvalue weighted by Gasteiger charge is 2.30. The molecule has 1 aliphatic carbocycles. The molecule has 2 fully saturated rings. The maximum atomic E-state index is 5.87. The van der Waals surface area contributed by atoms with Crippen molar-refractivity contribution in [3.05, 3.63) is 0 Å². The summed E-state index contributed by atoms with van der Waals surface area (Å²) in [5.41, 5.74) is 5.87. The molecule has 2 heteroatoms. The van der Waals surface area contributed by atoms with E-state index in [0.717, 1.165) is 12.5 Å². The van der Waals surface area contributed by atoms with Gasteiger partial charge in [-0.1, -0.05) is 19.3 Å². The van der Waals surface area contributed by atoms with Gasteiger partial charge in [0.15, 0.2) is 0 Å². The number of ether oxygens (including phenoxy) is 1. The van der Waals surface area contributed by atoms with Gasteiger partial charge in [0.25, 0.3) is 0 Å². The van der Waals surface area contributed by atoms with Crippen molar-refractivity contribution in [2.24, 2.45) is 11.7 Å². The maximum absolute atomic E-state index is 5.87. The molecule has 12 heavy (non-hydrogen) atoms. The first-order valence-corrected chi connectivity index (χ1v) is 5.23. The maximum Gasteiger partial charge on any atom is 0.0621 e. The van der Waals surface area contributed by atoms with Crippen LogP contribution < -0.4 is 5.73 Å². The fraction of sp³-hybridized carbons (Fsp3) is 1.00. The van der Waals surface area contributed by atoms with E-state index < -0.39 is 0 Å². The van der Waals surface area contributed by atoms with Crippen molar-refractivity contribution in [1.82, 2.24) is 0 Å². The van der Waals surface area contributed by atoms with E-state index in [2.05, 4.69) is 0 Å². The second-order valence-electron chi connectivity index (χ2n) is 4.27. The monoisotopic (exact) mass is 169 g/mol. The van der Waals surface area contributed by atoms with Crippen molar-refractivity contribution < 1.29 is 4.74 Å². The number of nitrogens with two attached hydrogens (primary N) is 1. The predicted octanol–water partition coefficient (Wildman–Crippen LogP) is 1.68. The molecule has 0 aromatic carbocycles. The lowest BCUT2D eigenvalue weighted by molar-refractivity contribution is -0.0390. The summed E-state index contributed by atoms with van der Waals surface area (Å²) in [6, 6.07) is 0.310. The molecule has 2 rings (SSSR count). The topological polar surface area (TPSA) is 35.2 Å². The first-order chi connectivity index (χ1) is 5.86. The van der Waals surface area contributed by atoms with Gasteiger partial charge < -0.3 is 10.5 Å². The van der Waals surface area contributed by atoms with E-state index in [0.29, 0.717) is 12.1 Å². The summed E-state index contributed by atoms with van der Waals surface area (Å²) < 4.78 is 5.75. The zero-order valence-electron chi connectivity index (χ0n) is 7.67. The van der Waals surface area contributed by atoms with Crippen LogP contribution in [-0.2, 0) is 4.74 Å². The summed E-state index contributed by atoms with van der Waals surface area (Å²) in [5, 5.41) is 0. The first kappa shape index (κ1) is 8.52. The molecular formula is C10H19NO. The molecule has 3 atom stereocenters. The summed E-state index contributed by atoms with van der Waals surface area (Å²) in [4.78, 5) is 0. The molecule has 1 heterocycles. The normalized spacial score (nSPS) is 43.2. The predicted molar refractivity (Wildman–Crippen MR) is 48.9 cm³/mol. The third kappa shape index (κ3) is 1.80. The Balaban J connectivity index is 1.94. The van der Waals surface area contributed by atoms with Crippen LogP contribution in [0, 0.1) is 5.92 Å². The van der Waals surface area contributed by atoms with Gasteiger partial charge in [-0.05, 0) is 25.2 Å². The first-order valence-electron chi connectivity index (χ1n) is 5.23. The average molecular weight is 169 g/mol. The lowest BCUT2D eigenvalue weighted by Crippen LogP contribution is -2.41. The Morgan fingerprint density at radius 2 is 1.92 bits per heavy atom. The van der Waals surface area contributed by atoms with Crippen LogP contribution >= 0.6 is 0 Å². The molecule has 0 bridgehead atoms. The molecule has 1 aliphatic heterocycles. The van der Waals surface area contributed by atoms with Crippen molar-refractivity contribution in [3.8, 4) is 0 Å². The number of rotatable bonds is 0. The zero-order chi connectivity index (χ0) is 8.39. The van der Waals surface area contributed by atoms with E-state index in [1.807, 2.05) is 0 Å². The van der Waals surface area contributed by atoms with Gasteiger partial charge in [-0.3, -0.25) is 0 Å². The summed E-state index contributed by atoms with van der Waals surface area (Å²) in [6.07, 6.45) is 8.51. The molecule has 0 aromatic rings. The quantitative estimate of drug-likeness (QED) is 0.599. The van der Waals surface area contributed by atoms with Gasteiger partial charge in [0.2, 0.25) is 0 Å². The van der Waals surface area contributed by atoms with Crippen molar-refractivity contribution in [2.75, 3.05) is 6.61 Å². The van der Waals surface area contributed by atoms with Crippen LogP contribution in [0.4, 0.5) is 0 Å². The van der Waals surface area contributed by atoms with Gasteiger partial charge in [-0.2, -0.15) is 0 Å². The second-order valence-corrected chi connectivity index (χ2v) is 4.27. The van der Waals surface area contributed by atoms with Crippen molar-refractivity contribution in [2.45, 2.75) is 50.7 Å². The summed E-state index contributed by atoms with van der Waals surface area (Å²) in [7, 11) is 0. The third-order valence-corrected chi connectivity index (χ3v) is 3.22. The largest absolute Gasteiger partial charge is 0.376 e. The molecule has 0 aromatic heterocycles. The molecule has 0 radical (unpaired) electrons. The van der Waals surface area contributed by atoms with Crippen molar-refractivity contribution in [1.29, 1.82) is 0 Å². The van der Waals surface area contributed by atoms with E-state index in [9.17, 15) is 0 Å². The minimum Gasteiger partial charge on any atom is -0.376 e. The Hall–Kier alpha value is -0.0800. The van der Waals surface area contributed by atoms with Gasteiger partial charge in [0, 0.05) is 6.04 Å². The Morgan fingerprint density at radius 1 is 1.08 bits per heavy atom. The van der Waals surface area contributed by atoms with Crippen LogP contribution in [0.2, 0.25) is 0 Å². The standard InChI is InChI=1S/C10H19NO/c11-9-6-8-4-2-1-3-5-10(8)12-7-9/h8-10H,1-7,11H2/t8-,9-,10-/m0/s1. The fourth-order valence-corrected chi connectivity index (χ4v) is 2.54. The van der Waals surface area contributed by atoms with E-state index in [1.54, 1.807) is 0 Å². The highest BCUT2D eigenvalue weighted by atomic mass is 16.5. The minimum atomic E-state index is 0.310. The molecular weight excluding hydrogens is 150 g/mol. The lowest BCUT2D eigenvalue weighted by atomic mass is 9.88. The zero-order valence-corrected chi connectivity index (χ0v) is 7.67. The van der Waals surface area contributed by atoms with Crippen LogP contribution in [0.3, 0.4) is 0 Å². The third-order valence-electron chi connectivity index (χ3n) is 3.22. The number of hydrogen-bond donors (Lipinski definition) is 1. The summed E-state index contributed by atoms with van der Waals surface area (Å²) >= 11 is 0. The SMILES string of the molecule is N[C@@H]1CO[C@H]2CCCCC[C@H]2C1. The van der Waals surface area contributed by atoms with Crippen molar-refractivity contribution in [3.63, 3.8) is 0 Å². The molecule has 0 amide bonds. The molecule has 2 aliphatic rings. The molecule has 2 N–H and O–H groups in total. The Labute approximate surface area is 74.5 Å². The Kier molecular flexibility index (Phi) is 2.66. The fourth-order valence-electron chi connectivity index (χ4n) is 2.54. The van der Waals surface area contributed by atoms with Crippen LogP contribution in [0.15, 0.2) is 0 Å². The van der Waals surface area contributed by atoms with Gasteiger partial charge in [-0.25, -0.2) is 0 Å². The van der Waals surface area contributed by atoms with E-state index in [4.69, 9.17) is 10.5 Å². The summed E-state index contributed by atoms with van der Waals surface area (Å²) in [5.74, 6) is 0.774. The average Bonchev–Trinajstić information content (AvgIpc) is 2.28. The number of hydrogen-bond acceptors (Lipinski definition) is 2. The van der Waals surface area contributed by atoms with Crippen LogP contribution in [0.25, 0.3) is 0 Å².